The Labute approximate surface area is 112 Å². The van der Waals surface area contributed by atoms with Gasteiger partial charge >= 0.3 is 6.61 Å². The van der Waals surface area contributed by atoms with Crippen LogP contribution in [0.3, 0.4) is 0 Å². The van der Waals surface area contributed by atoms with E-state index in [9.17, 15) is 17.6 Å². The summed E-state index contributed by atoms with van der Waals surface area (Å²) in [5.74, 6) is -2.04. The minimum Gasteiger partial charge on any atom is -0.435 e. The summed E-state index contributed by atoms with van der Waals surface area (Å²) in [5.41, 5.74) is 6.69. The van der Waals surface area contributed by atoms with Crippen LogP contribution in [0, 0.1) is 11.6 Å². The molecule has 2 N–H and O–H groups in total. The third-order valence-electron chi connectivity index (χ3n) is 2.75. The summed E-state index contributed by atoms with van der Waals surface area (Å²) in [7, 11) is 0. The van der Waals surface area contributed by atoms with Crippen LogP contribution in [0.25, 0.3) is 0 Å². The molecule has 0 heterocycles. The molecular weight excluding hydrogens is 274 g/mol. The third kappa shape index (κ3) is 3.27. The van der Waals surface area contributed by atoms with Gasteiger partial charge in [-0.3, -0.25) is 0 Å². The molecule has 0 aliphatic rings. The maximum atomic E-state index is 13.2. The third-order valence-corrected chi connectivity index (χ3v) is 2.75. The van der Waals surface area contributed by atoms with E-state index < -0.39 is 24.3 Å². The number of alkyl halides is 2. The molecule has 1 unspecified atom stereocenters. The second-order valence-electron chi connectivity index (χ2n) is 4.10. The van der Waals surface area contributed by atoms with Crippen LogP contribution in [0.5, 0.6) is 5.75 Å². The molecular formula is C14H11F4NO. The highest BCUT2D eigenvalue weighted by molar-refractivity contribution is 5.36. The van der Waals surface area contributed by atoms with E-state index in [-0.39, 0.29) is 5.75 Å². The molecule has 2 nitrogen and oxygen atoms in total. The first kappa shape index (κ1) is 14.3. The fourth-order valence-electron chi connectivity index (χ4n) is 1.78. The number of ether oxygens (including phenoxy) is 1. The molecule has 2 rings (SSSR count). The molecule has 2 aromatic carbocycles. The topological polar surface area (TPSA) is 35.2 Å². The van der Waals surface area contributed by atoms with Gasteiger partial charge in [0.1, 0.15) is 5.75 Å². The van der Waals surface area contributed by atoms with Crippen LogP contribution in [0.1, 0.15) is 17.2 Å². The molecule has 0 spiro atoms. The van der Waals surface area contributed by atoms with Crippen LogP contribution in [-0.2, 0) is 0 Å². The van der Waals surface area contributed by atoms with Gasteiger partial charge < -0.3 is 10.5 Å². The van der Waals surface area contributed by atoms with E-state index in [1.165, 1.54) is 24.3 Å². The SMILES string of the molecule is NC(c1cccc(OC(F)F)c1)c1ccc(F)c(F)c1. The lowest BCUT2D eigenvalue weighted by molar-refractivity contribution is -0.0498. The van der Waals surface area contributed by atoms with Crippen molar-refractivity contribution in [2.24, 2.45) is 5.73 Å². The number of hydrogen-bond donors (Lipinski definition) is 1. The normalized spacial score (nSPS) is 12.5. The Hall–Kier alpha value is -2.08. The van der Waals surface area contributed by atoms with Crippen LogP contribution in [0.15, 0.2) is 42.5 Å². The molecule has 0 aromatic heterocycles. The smallest absolute Gasteiger partial charge is 0.387 e. The molecule has 1 atom stereocenters. The van der Waals surface area contributed by atoms with Gasteiger partial charge in [0.25, 0.3) is 0 Å². The summed E-state index contributed by atoms with van der Waals surface area (Å²) >= 11 is 0. The van der Waals surface area contributed by atoms with Gasteiger partial charge in [0.15, 0.2) is 11.6 Å². The Morgan fingerprint density at radius 1 is 0.900 bits per heavy atom. The summed E-state index contributed by atoms with van der Waals surface area (Å²) < 4.78 is 54.5. The van der Waals surface area contributed by atoms with Gasteiger partial charge in [-0.05, 0) is 35.4 Å². The molecule has 0 saturated heterocycles. The van der Waals surface area contributed by atoms with Gasteiger partial charge in [0, 0.05) is 0 Å². The van der Waals surface area contributed by atoms with Crippen molar-refractivity contribution in [3.05, 3.63) is 65.2 Å². The highest BCUT2D eigenvalue weighted by Crippen LogP contribution is 2.25. The second-order valence-corrected chi connectivity index (χ2v) is 4.10. The lowest BCUT2D eigenvalue weighted by Crippen LogP contribution is -2.13. The molecule has 0 saturated carbocycles. The molecule has 0 fully saturated rings. The first-order valence-corrected chi connectivity index (χ1v) is 5.72. The Kier molecular flexibility index (Phi) is 4.24. The molecule has 0 radical (unpaired) electrons. The van der Waals surface area contributed by atoms with Gasteiger partial charge in [-0.25, -0.2) is 8.78 Å². The fraction of sp³-hybridized carbons (Fsp3) is 0.143. The Balaban J connectivity index is 2.28. The van der Waals surface area contributed by atoms with Gasteiger partial charge in [-0.2, -0.15) is 8.78 Å². The fourth-order valence-corrected chi connectivity index (χ4v) is 1.78. The molecule has 0 amide bonds. The number of rotatable bonds is 4. The van der Waals surface area contributed by atoms with Gasteiger partial charge in [-0.15, -0.1) is 0 Å². The van der Waals surface area contributed by atoms with E-state index in [2.05, 4.69) is 4.74 Å². The summed E-state index contributed by atoms with van der Waals surface area (Å²) in [6.07, 6.45) is 0. The van der Waals surface area contributed by atoms with E-state index in [4.69, 9.17) is 5.73 Å². The molecule has 0 aliphatic heterocycles. The van der Waals surface area contributed by atoms with Gasteiger partial charge in [0.2, 0.25) is 0 Å². The molecule has 6 heteroatoms. The first-order valence-electron chi connectivity index (χ1n) is 5.72. The lowest BCUT2D eigenvalue weighted by atomic mass is 9.99. The number of hydrogen-bond acceptors (Lipinski definition) is 2. The van der Waals surface area contributed by atoms with Crippen LogP contribution in [0.2, 0.25) is 0 Å². The highest BCUT2D eigenvalue weighted by atomic mass is 19.3. The zero-order valence-electron chi connectivity index (χ0n) is 10.2. The van der Waals surface area contributed by atoms with Crippen molar-refractivity contribution < 1.29 is 22.3 Å². The van der Waals surface area contributed by atoms with Crippen LogP contribution < -0.4 is 10.5 Å². The number of benzene rings is 2. The summed E-state index contributed by atoms with van der Waals surface area (Å²) in [6.45, 7) is -2.94. The Bertz CT molecular complexity index is 603. The predicted octanol–water partition coefficient (Wildman–Crippen LogP) is 3.61. The zero-order chi connectivity index (χ0) is 14.7. The van der Waals surface area contributed by atoms with Gasteiger partial charge in [-0.1, -0.05) is 18.2 Å². The summed E-state index contributed by atoms with van der Waals surface area (Å²) in [4.78, 5) is 0. The minimum atomic E-state index is -2.94. The van der Waals surface area contributed by atoms with Gasteiger partial charge in [0.05, 0.1) is 6.04 Å². The van der Waals surface area contributed by atoms with E-state index in [0.717, 1.165) is 12.1 Å². The van der Waals surface area contributed by atoms with Crippen molar-refractivity contribution in [1.82, 2.24) is 0 Å². The van der Waals surface area contributed by atoms with E-state index in [0.29, 0.717) is 11.1 Å². The molecule has 2 aromatic rings. The second kappa shape index (κ2) is 5.92. The van der Waals surface area contributed by atoms with Crippen molar-refractivity contribution >= 4 is 0 Å². The molecule has 0 bridgehead atoms. The van der Waals surface area contributed by atoms with Crippen molar-refractivity contribution in [3.63, 3.8) is 0 Å². The van der Waals surface area contributed by atoms with Crippen molar-refractivity contribution in [3.8, 4) is 5.75 Å². The average molecular weight is 285 g/mol. The first-order chi connectivity index (χ1) is 9.47. The molecule has 0 aliphatic carbocycles. The largest absolute Gasteiger partial charge is 0.435 e. The van der Waals surface area contributed by atoms with Crippen molar-refractivity contribution in [2.75, 3.05) is 0 Å². The Morgan fingerprint density at radius 3 is 2.25 bits per heavy atom. The zero-order valence-corrected chi connectivity index (χ0v) is 10.2. The van der Waals surface area contributed by atoms with Crippen LogP contribution in [-0.4, -0.2) is 6.61 Å². The van der Waals surface area contributed by atoms with Crippen LogP contribution in [0.4, 0.5) is 17.6 Å². The molecule has 106 valence electrons. The monoisotopic (exact) mass is 285 g/mol. The number of halogens is 4. The lowest BCUT2D eigenvalue weighted by Gasteiger charge is -2.14. The minimum absolute atomic E-state index is 0.0458. The predicted molar refractivity (Wildman–Crippen MR) is 65.5 cm³/mol. The quantitative estimate of drug-likeness (QED) is 0.871. The standard InChI is InChI=1S/C14H11F4NO/c15-11-5-4-9(7-12(11)16)13(19)8-2-1-3-10(6-8)20-14(17)18/h1-7,13-14H,19H2. The average Bonchev–Trinajstić information content (AvgIpc) is 2.40. The maximum absolute atomic E-state index is 13.2. The maximum Gasteiger partial charge on any atom is 0.387 e. The van der Waals surface area contributed by atoms with Crippen molar-refractivity contribution in [1.29, 1.82) is 0 Å². The highest BCUT2D eigenvalue weighted by Gasteiger charge is 2.13. The van der Waals surface area contributed by atoms with E-state index in [1.807, 2.05) is 0 Å². The number of nitrogens with two attached hydrogens (primary N) is 1. The van der Waals surface area contributed by atoms with E-state index in [1.54, 1.807) is 6.07 Å². The summed E-state index contributed by atoms with van der Waals surface area (Å²) in [5, 5.41) is 0. The van der Waals surface area contributed by atoms with Crippen LogP contribution >= 0.6 is 0 Å². The molecule has 20 heavy (non-hydrogen) atoms. The summed E-state index contributed by atoms with van der Waals surface area (Å²) in [6, 6.07) is 8.27. The van der Waals surface area contributed by atoms with E-state index >= 15 is 0 Å². The Morgan fingerprint density at radius 2 is 1.60 bits per heavy atom. The van der Waals surface area contributed by atoms with Crippen molar-refractivity contribution in [2.45, 2.75) is 12.7 Å².